The van der Waals surface area contributed by atoms with Gasteiger partial charge in [0.05, 0.1) is 33.4 Å². The lowest BCUT2D eigenvalue weighted by molar-refractivity contribution is 1.12. The summed E-state index contributed by atoms with van der Waals surface area (Å²) in [5.74, 6) is 0. The van der Waals surface area contributed by atoms with Gasteiger partial charge in [0.1, 0.15) is 11.6 Å². The van der Waals surface area contributed by atoms with Crippen molar-refractivity contribution in [1.29, 1.82) is 5.26 Å². The van der Waals surface area contributed by atoms with Crippen molar-refractivity contribution in [3.63, 3.8) is 0 Å². The van der Waals surface area contributed by atoms with Crippen molar-refractivity contribution in [2.24, 2.45) is 0 Å². The lowest BCUT2D eigenvalue weighted by atomic mass is 10.0. The summed E-state index contributed by atoms with van der Waals surface area (Å²) in [6.45, 7) is 8.69. The molecule has 5 aromatic carbocycles. The summed E-state index contributed by atoms with van der Waals surface area (Å²) < 4.78 is 4.59. The Morgan fingerprint density at radius 3 is 1.20 bits per heavy atom. The van der Waals surface area contributed by atoms with E-state index in [0.717, 1.165) is 44.6 Å². The largest absolute Gasteiger partial charge is 0.308 e. The zero-order chi connectivity index (χ0) is 30.1. The van der Waals surface area contributed by atoms with E-state index in [-0.39, 0.29) is 0 Å². The van der Waals surface area contributed by atoms with E-state index >= 15 is 0 Å². The Labute approximate surface area is 256 Å². The van der Waals surface area contributed by atoms with Gasteiger partial charge in [-0.3, -0.25) is 4.98 Å². The van der Waals surface area contributed by atoms with Gasteiger partial charge in [-0.1, -0.05) is 48.5 Å². The molecule has 4 heteroatoms. The predicted octanol–water partition coefficient (Wildman–Crippen LogP) is 10.0. The number of hydrogen-bond acceptors (Lipinski definition) is 2. The summed E-state index contributed by atoms with van der Waals surface area (Å²) >= 11 is 0. The molecule has 0 bridgehead atoms. The zero-order valence-corrected chi connectivity index (χ0v) is 25.2. The number of nitrogens with zero attached hydrogens (tertiary/aromatic N) is 4. The molecular weight excluding hydrogens is 536 g/mol. The average Bonchev–Trinajstić information content (AvgIpc) is 3.57. The quantitative estimate of drug-likeness (QED) is 0.214. The van der Waals surface area contributed by atoms with Crippen molar-refractivity contribution in [1.82, 2.24) is 14.1 Å². The minimum absolute atomic E-state index is 0.631. The topological polar surface area (TPSA) is 46.5 Å². The van der Waals surface area contributed by atoms with Gasteiger partial charge < -0.3 is 9.13 Å². The summed E-state index contributed by atoms with van der Waals surface area (Å²) in [6.07, 6.45) is 3.65. The van der Waals surface area contributed by atoms with Gasteiger partial charge in [-0.25, -0.2) is 0 Å². The van der Waals surface area contributed by atoms with Crippen LogP contribution in [0.1, 0.15) is 27.8 Å². The molecule has 8 aromatic rings. The third-order valence-corrected chi connectivity index (χ3v) is 9.17. The number of aryl methyl sites for hydroxylation is 4. The molecule has 0 saturated carbocycles. The van der Waals surface area contributed by atoms with Crippen LogP contribution in [0.2, 0.25) is 0 Å². The standard InChI is InChI=1S/C40H30N4/c1-24-9-5-13-31-37(24)38-25(2)10-6-14-32(38)43(31)35-21-29(28-17-19-42-20-18-28)22-36(30(35)23-41)44-33-15-7-11-26(3)39(33)40-27(4)12-8-16-34(40)44/h5-22H,1-4H3. The number of benzene rings is 5. The van der Waals surface area contributed by atoms with Crippen LogP contribution in [0.25, 0.3) is 66.1 Å². The third-order valence-electron chi connectivity index (χ3n) is 9.17. The van der Waals surface area contributed by atoms with E-state index in [9.17, 15) is 5.26 Å². The third kappa shape index (κ3) is 3.60. The predicted molar refractivity (Wildman–Crippen MR) is 182 cm³/mol. The van der Waals surface area contributed by atoms with Crippen molar-refractivity contribution in [2.75, 3.05) is 0 Å². The van der Waals surface area contributed by atoms with Crippen molar-refractivity contribution in [3.8, 4) is 28.6 Å². The fraction of sp³-hybridized carbons (Fsp3) is 0.100. The van der Waals surface area contributed by atoms with E-state index in [1.54, 1.807) is 0 Å². The highest BCUT2D eigenvalue weighted by molar-refractivity contribution is 6.14. The number of fused-ring (bicyclic) bond motifs is 6. The molecule has 210 valence electrons. The van der Waals surface area contributed by atoms with Gasteiger partial charge in [-0.15, -0.1) is 0 Å². The van der Waals surface area contributed by atoms with Crippen LogP contribution in [0.15, 0.2) is 109 Å². The molecule has 0 atom stereocenters. The normalized spacial score (nSPS) is 11.6. The first kappa shape index (κ1) is 26.0. The Bertz CT molecular complexity index is 2220. The molecule has 0 amide bonds. The highest BCUT2D eigenvalue weighted by Gasteiger charge is 2.24. The maximum absolute atomic E-state index is 11.1. The van der Waals surface area contributed by atoms with Gasteiger partial charge in [0.25, 0.3) is 0 Å². The monoisotopic (exact) mass is 566 g/mol. The number of hydrogen-bond donors (Lipinski definition) is 0. The molecule has 44 heavy (non-hydrogen) atoms. The first-order chi connectivity index (χ1) is 21.5. The van der Waals surface area contributed by atoms with Gasteiger partial charge >= 0.3 is 0 Å². The Balaban J connectivity index is 1.60. The Hall–Kier alpha value is -5.66. The van der Waals surface area contributed by atoms with Gasteiger partial charge in [0.2, 0.25) is 0 Å². The number of pyridine rings is 1. The molecule has 0 radical (unpaired) electrons. The minimum Gasteiger partial charge on any atom is -0.308 e. The molecule has 4 nitrogen and oxygen atoms in total. The second kappa shape index (κ2) is 9.69. The van der Waals surface area contributed by atoms with Crippen LogP contribution in [0.5, 0.6) is 0 Å². The van der Waals surface area contributed by atoms with Crippen LogP contribution in [0, 0.1) is 39.0 Å². The molecule has 0 aliphatic heterocycles. The summed E-state index contributed by atoms with van der Waals surface area (Å²) in [7, 11) is 0. The fourth-order valence-corrected chi connectivity index (χ4v) is 7.22. The van der Waals surface area contributed by atoms with E-state index in [1.807, 2.05) is 24.5 Å². The van der Waals surface area contributed by atoms with E-state index < -0.39 is 0 Å². The molecule has 0 aliphatic rings. The maximum atomic E-state index is 11.1. The second-order valence-electron chi connectivity index (χ2n) is 11.8. The van der Waals surface area contributed by atoms with Gasteiger partial charge in [-0.05, 0) is 110 Å². The summed E-state index contributed by atoms with van der Waals surface area (Å²) in [5.41, 5.74) is 13.7. The van der Waals surface area contributed by atoms with Gasteiger partial charge in [0, 0.05) is 33.9 Å². The molecule has 0 unspecified atom stereocenters. The van der Waals surface area contributed by atoms with E-state index in [0.29, 0.717) is 5.56 Å². The second-order valence-corrected chi connectivity index (χ2v) is 11.8. The molecule has 0 spiro atoms. The zero-order valence-electron chi connectivity index (χ0n) is 25.2. The van der Waals surface area contributed by atoms with Crippen LogP contribution in [0.3, 0.4) is 0 Å². The molecule has 3 heterocycles. The van der Waals surface area contributed by atoms with Crippen LogP contribution in [-0.2, 0) is 0 Å². The smallest absolute Gasteiger partial charge is 0.104 e. The first-order valence-electron chi connectivity index (χ1n) is 15.0. The maximum Gasteiger partial charge on any atom is 0.104 e. The molecule has 0 aliphatic carbocycles. The molecule has 8 rings (SSSR count). The Morgan fingerprint density at radius 1 is 0.500 bits per heavy atom. The van der Waals surface area contributed by atoms with Crippen LogP contribution in [-0.4, -0.2) is 14.1 Å². The van der Waals surface area contributed by atoms with Crippen molar-refractivity contribution >= 4 is 43.6 Å². The lowest BCUT2D eigenvalue weighted by Gasteiger charge is -2.18. The van der Waals surface area contributed by atoms with E-state index in [4.69, 9.17) is 0 Å². The lowest BCUT2D eigenvalue weighted by Crippen LogP contribution is -2.05. The first-order valence-corrected chi connectivity index (χ1v) is 15.0. The number of aromatic nitrogens is 3. The van der Waals surface area contributed by atoms with Crippen LogP contribution in [0.4, 0.5) is 0 Å². The molecule has 0 fully saturated rings. The number of rotatable bonds is 3. The molecule has 0 saturated heterocycles. The summed E-state index contributed by atoms with van der Waals surface area (Å²) in [4.78, 5) is 4.29. The van der Waals surface area contributed by atoms with E-state index in [1.165, 1.54) is 43.8 Å². The SMILES string of the molecule is Cc1cccc2c1c1c(C)cccc1n2-c1cc(-c2ccncc2)cc(-n2c3cccc(C)c3c3c(C)cccc32)c1C#N. The molecule has 0 N–H and O–H groups in total. The Morgan fingerprint density at radius 2 is 0.864 bits per heavy atom. The fourth-order valence-electron chi connectivity index (χ4n) is 7.22. The van der Waals surface area contributed by atoms with Crippen LogP contribution >= 0.6 is 0 Å². The molecule has 3 aromatic heterocycles. The minimum atomic E-state index is 0.631. The van der Waals surface area contributed by atoms with Crippen LogP contribution < -0.4 is 0 Å². The van der Waals surface area contributed by atoms with Gasteiger partial charge in [-0.2, -0.15) is 5.26 Å². The van der Waals surface area contributed by atoms with Crippen molar-refractivity contribution in [3.05, 3.63) is 137 Å². The highest BCUT2D eigenvalue weighted by Crippen LogP contribution is 2.42. The summed E-state index contributed by atoms with van der Waals surface area (Å²) in [6, 6.07) is 36.9. The average molecular weight is 567 g/mol. The molecular formula is C40H30N4. The summed E-state index contributed by atoms with van der Waals surface area (Å²) in [5, 5.41) is 16.0. The number of nitriles is 1. The van der Waals surface area contributed by atoms with Crippen molar-refractivity contribution in [2.45, 2.75) is 27.7 Å². The van der Waals surface area contributed by atoms with Gasteiger partial charge in [0.15, 0.2) is 0 Å². The Kier molecular flexibility index (Phi) is 5.73. The van der Waals surface area contributed by atoms with E-state index in [2.05, 4.69) is 133 Å². The highest BCUT2D eigenvalue weighted by atomic mass is 15.0. The van der Waals surface area contributed by atoms with Crippen molar-refractivity contribution < 1.29 is 0 Å².